The molecule has 5 nitrogen and oxygen atoms in total. The van der Waals surface area contributed by atoms with Gasteiger partial charge in [0.05, 0.1) is 11.1 Å². The van der Waals surface area contributed by atoms with Gasteiger partial charge in [-0.15, -0.1) is 0 Å². The van der Waals surface area contributed by atoms with Crippen molar-refractivity contribution >= 4 is 22.7 Å². The van der Waals surface area contributed by atoms with Crippen LogP contribution in [-0.4, -0.2) is 29.4 Å². The second kappa shape index (κ2) is 7.85. The van der Waals surface area contributed by atoms with E-state index in [9.17, 15) is 22.8 Å². The summed E-state index contributed by atoms with van der Waals surface area (Å²) < 4.78 is 40.6. The Morgan fingerprint density at radius 2 is 1.87 bits per heavy atom. The SMILES string of the molecule is O=C(CCc1c(-c2ccccc2)[nH]c2c(C(F)(F)F)cccc12)NC1CCNC1=O. The summed E-state index contributed by atoms with van der Waals surface area (Å²) in [7, 11) is 0. The van der Waals surface area contributed by atoms with Gasteiger partial charge in [0, 0.05) is 24.0 Å². The maximum absolute atomic E-state index is 13.5. The van der Waals surface area contributed by atoms with Gasteiger partial charge in [0.1, 0.15) is 6.04 Å². The number of benzene rings is 2. The second-order valence-corrected chi connectivity index (χ2v) is 7.27. The molecule has 0 spiro atoms. The molecule has 156 valence electrons. The molecule has 2 aromatic carbocycles. The van der Waals surface area contributed by atoms with E-state index < -0.39 is 17.8 Å². The Labute approximate surface area is 170 Å². The summed E-state index contributed by atoms with van der Waals surface area (Å²) in [5, 5.41) is 5.79. The van der Waals surface area contributed by atoms with Crippen LogP contribution in [0, 0.1) is 0 Å². The van der Waals surface area contributed by atoms with Crippen molar-refractivity contribution in [1.82, 2.24) is 15.6 Å². The molecule has 0 aliphatic carbocycles. The Morgan fingerprint density at radius 3 is 2.53 bits per heavy atom. The maximum Gasteiger partial charge on any atom is 0.418 e. The van der Waals surface area contributed by atoms with Gasteiger partial charge >= 0.3 is 6.18 Å². The first-order valence-corrected chi connectivity index (χ1v) is 9.68. The molecule has 0 radical (unpaired) electrons. The first-order chi connectivity index (χ1) is 14.3. The molecule has 3 aromatic rings. The second-order valence-electron chi connectivity index (χ2n) is 7.27. The maximum atomic E-state index is 13.5. The van der Waals surface area contributed by atoms with Gasteiger partial charge in [0.15, 0.2) is 0 Å². The van der Waals surface area contributed by atoms with Crippen molar-refractivity contribution in [3.8, 4) is 11.3 Å². The molecule has 1 aliphatic rings. The lowest BCUT2D eigenvalue weighted by Gasteiger charge is -2.10. The van der Waals surface area contributed by atoms with E-state index >= 15 is 0 Å². The Bertz CT molecular complexity index is 1090. The van der Waals surface area contributed by atoms with E-state index in [1.807, 2.05) is 18.2 Å². The zero-order chi connectivity index (χ0) is 21.3. The van der Waals surface area contributed by atoms with Crippen LogP contribution in [0.3, 0.4) is 0 Å². The number of rotatable bonds is 5. The zero-order valence-electron chi connectivity index (χ0n) is 16.0. The fraction of sp³-hybridized carbons (Fsp3) is 0.273. The lowest BCUT2D eigenvalue weighted by atomic mass is 10.00. The molecular weight excluding hydrogens is 395 g/mol. The Kier molecular flexibility index (Phi) is 5.24. The van der Waals surface area contributed by atoms with Gasteiger partial charge in [-0.05, 0) is 30.0 Å². The molecule has 1 unspecified atom stereocenters. The number of aryl methyl sites for hydroxylation is 1. The molecule has 1 saturated heterocycles. The third-order valence-corrected chi connectivity index (χ3v) is 5.30. The molecule has 0 saturated carbocycles. The van der Waals surface area contributed by atoms with E-state index in [1.54, 1.807) is 18.2 Å². The van der Waals surface area contributed by atoms with Crippen LogP contribution >= 0.6 is 0 Å². The summed E-state index contributed by atoms with van der Waals surface area (Å²) in [6.45, 7) is 0.518. The van der Waals surface area contributed by atoms with Gasteiger partial charge in [-0.1, -0.05) is 42.5 Å². The highest BCUT2D eigenvalue weighted by Gasteiger charge is 2.34. The molecule has 4 rings (SSSR count). The number of nitrogens with one attached hydrogen (secondary N) is 3. The quantitative estimate of drug-likeness (QED) is 0.593. The van der Waals surface area contributed by atoms with E-state index in [2.05, 4.69) is 15.6 Å². The smallest absolute Gasteiger partial charge is 0.354 e. The van der Waals surface area contributed by atoms with E-state index in [0.29, 0.717) is 29.6 Å². The molecule has 2 amide bonds. The van der Waals surface area contributed by atoms with Crippen LogP contribution in [0.25, 0.3) is 22.2 Å². The Morgan fingerprint density at radius 1 is 1.10 bits per heavy atom. The molecule has 2 heterocycles. The predicted octanol–water partition coefficient (Wildman–Crippen LogP) is 3.79. The average molecular weight is 415 g/mol. The van der Waals surface area contributed by atoms with Crippen molar-refractivity contribution in [2.45, 2.75) is 31.5 Å². The first kappa shape index (κ1) is 20.0. The highest BCUT2D eigenvalue weighted by molar-refractivity contribution is 5.94. The highest BCUT2D eigenvalue weighted by Crippen LogP contribution is 2.39. The number of H-pyrrole nitrogens is 1. The van der Waals surface area contributed by atoms with Crippen molar-refractivity contribution in [1.29, 1.82) is 0 Å². The van der Waals surface area contributed by atoms with Gasteiger partial charge in [-0.2, -0.15) is 13.2 Å². The minimum absolute atomic E-state index is 0.00873. The summed E-state index contributed by atoms with van der Waals surface area (Å²) in [4.78, 5) is 27.0. The minimum atomic E-state index is -4.50. The highest BCUT2D eigenvalue weighted by atomic mass is 19.4. The van der Waals surface area contributed by atoms with E-state index in [0.717, 1.165) is 11.6 Å². The third-order valence-electron chi connectivity index (χ3n) is 5.30. The number of halogens is 3. The van der Waals surface area contributed by atoms with E-state index in [-0.39, 0.29) is 30.2 Å². The Hall–Kier alpha value is -3.29. The van der Waals surface area contributed by atoms with Crippen LogP contribution in [0.1, 0.15) is 24.0 Å². The largest absolute Gasteiger partial charge is 0.418 e. The van der Waals surface area contributed by atoms with Crippen molar-refractivity contribution < 1.29 is 22.8 Å². The summed E-state index contributed by atoms with van der Waals surface area (Å²) >= 11 is 0. The van der Waals surface area contributed by atoms with E-state index in [4.69, 9.17) is 0 Å². The van der Waals surface area contributed by atoms with Crippen molar-refractivity contribution in [3.05, 3.63) is 59.7 Å². The first-order valence-electron chi connectivity index (χ1n) is 9.68. The number of hydrogen-bond donors (Lipinski definition) is 3. The van der Waals surface area contributed by atoms with Crippen molar-refractivity contribution in [3.63, 3.8) is 0 Å². The van der Waals surface area contributed by atoms with Gasteiger partial charge in [-0.25, -0.2) is 0 Å². The molecule has 1 fully saturated rings. The molecule has 1 atom stereocenters. The Balaban J connectivity index is 1.68. The van der Waals surface area contributed by atoms with Crippen molar-refractivity contribution in [2.24, 2.45) is 0 Å². The molecule has 8 heteroatoms. The number of fused-ring (bicyclic) bond motifs is 1. The predicted molar refractivity (Wildman–Crippen MR) is 107 cm³/mol. The summed E-state index contributed by atoms with van der Waals surface area (Å²) in [5.41, 5.74) is 1.22. The van der Waals surface area contributed by atoms with Gasteiger partial charge < -0.3 is 15.6 Å². The van der Waals surface area contributed by atoms with Crippen LogP contribution in [0.15, 0.2) is 48.5 Å². The summed E-state index contributed by atoms with van der Waals surface area (Å²) in [6, 6.07) is 12.6. The molecule has 1 aromatic heterocycles. The third kappa shape index (κ3) is 3.90. The number of aromatic amines is 1. The average Bonchev–Trinajstić information content (AvgIpc) is 3.29. The standard InChI is InChI=1S/C22H20F3N3O2/c23-22(24,25)16-8-4-7-14-15(9-10-18(29)27-17-11-12-26-21(17)30)19(28-20(14)16)13-5-2-1-3-6-13/h1-8,17,28H,9-12H2,(H,26,30)(H,27,29). The monoisotopic (exact) mass is 415 g/mol. The molecule has 30 heavy (non-hydrogen) atoms. The summed E-state index contributed by atoms with van der Waals surface area (Å²) in [6.07, 6.45) is -3.66. The lowest BCUT2D eigenvalue weighted by molar-refractivity contribution is -0.136. The van der Waals surface area contributed by atoms with Crippen LogP contribution in [-0.2, 0) is 22.2 Å². The summed E-state index contributed by atoms with van der Waals surface area (Å²) in [5.74, 6) is -0.521. The number of carbonyl (C=O) groups excluding carboxylic acids is 2. The molecule has 1 aliphatic heterocycles. The van der Waals surface area contributed by atoms with E-state index in [1.165, 1.54) is 6.07 Å². The van der Waals surface area contributed by atoms with Crippen LogP contribution in [0.2, 0.25) is 0 Å². The van der Waals surface area contributed by atoms with Gasteiger partial charge in [0.25, 0.3) is 0 Å². The topological polar surface area (TPSA) is 74.0 Å². The zero-order valence-corrected chi connectivity index (χ0v) is 16.0. The normalized spacial score (nSPS) is 16.6. The van der Waals surface area contributed by atoms with Crippen molar-refractivity contribution in [2.75, 3.05) is 6.54 Å². The molecule has 0 bridgehead atoms. The van der Waals surface area contributed by atoms with Gasteiger partial charge in [-0.3, -0.25) is 9.59 Å². The van der Waals surface area contributed by atoms with Gasteiger partial charge in [0.2, 0.25) is 11.8 Å². The molecular formula is C22H20F3N3O2. The minimum Gasteiger partial charge on any atom is -0.354 e. The number of amides is 2. The number of hydrogen-bond acceptors (Lipinski definition) is 2. The lowest BCUT2D eigenvalue weighted by Crippen LogP contribution is -2.40. The number of aromatic nitrogens is 1. The molecule has 3 N–H and O–H groups in total. The fourth-order valence-electron chi connectivity index (χ4n) is 3.86. The fourth-order valence-corrected chi connectivity index (χ4v) is 3.86. The van der Waals surface area contributed by atoms with Crippen LogP contribution in [0.4, 0.5) is 13.2 Å². The number of alkyl halides is 3. The van der Waals surface area contributed by atoms with Crippen LogP contribution in [0.5, 0.6) is 0 Å². The number of carbonyl (C=O) groups is 2. The van der Waals surface area contributed by atoms with Crippen LogP contribution < -0.4 is 10.6 Å². The number of para-hydroxylation sites is 1.